The lowest BCUT2D eigenvalue weighted by Crippen LogP contribution is -2.20. The van der Waals surface area contributed by atoms with Crippen LogP contribution in [-0.4, -0.2) is 29.3 Å². The Morgan fingerprint density at radius 2 is 1.52 bits per heavy atom. The number of rotatable bonds is 6. The van der Waals surface area contributed by atoms with Gasteiger partial charge in [0, 0.05) is 12.5 Å². The van der Waals surface area contributed by atoms with Gasteiger partial charge in [0.05, 0.1) is 21.5 Å². The van der Waals surface area contributed by atoms with E-state index in [0.29, 0.717) is 11.6 Å². The van der Waals surface area contributed by atoms with Crippen LogP contribution in [0.3, 0.4) is 0 Å². The number of hydrogen-bond acceptors (Lipinski definition) is 5. The van der Waals surface area contributed by atoms with E-state index in [4.69, 9.17) is 0 Å². The van der Waals surface area contributed by atoms with Gasteiger partial charge in [0.25, 0.3) is 0 Å². The van der Waals surface area contributed by atoms with E-state index in [1.54, 1.807) is 6.07 Å². The first-order valence-corrected chi connectivity index (χ1v) is 12.8. The van der Waals surface area contributed by atoms with Gasteiger partial charge in [-0.05, 0) is 42.5 Å². The fraction of sp³-hybridized carbons (Fsp3) is 0.400. The molecule has 1 atom stereocenters. The smallest absolute Gasteiger partial charge is 0.177 e. The molecule has 0 saturated heterocycles. The molecule has 1 aliphatic rings. The second kappa shape index (κ2) is 7.64. The summed E-state index contributed by atoms with van der Waals surface area (Å²) in [6.45, 7) is 0. The molecular weight excluding hydrogens is 382 g/mol. The van der Waals surface area contributed by atoms with Gasteiger partial charge < -0.3 is 5.32 Å². The molecule has 1 saturated carbocycles. The molecule has 1 aliphatic carbocycles. The topological polar surface area (TPSA) is 80.3 Å². The van der Waals surface area contributed by atoms with Gasteiger partial charge in [0.1, 0.15) is 0 Å². The first-order chi connectivity index (χ1) is 12.7. The summed E-state index contributed by atoms with van der Waals surface area (Å²) in [5, 5.41) is 3.42. The molecular formula is C20H25NO4S2. The first kappa shape index (κ1) is 19.9. The van der Waals surface area contributed by atoms with E-state index < -0.39 is 19.7 Å². The van der Waals surface area contributed by atoms with Crippen molar-refractivity contribution in [2.45, 2.75) is 41.5 Å². The Hall–Kier alpha value is -1.86. The van der Waals surface area contributed by atoms with E-state index in [9.17, 15) is 16.8 Å². The number of anilines is 1. The Morgan fingerprint density at radius 1 is 0.889 bits per heavy atom. The maximum absolute atomic E-state index is 12.3. The Labute approximate surface area is 161 Å². The SMILES string of the molecule is CS(=O)(=O)c1ccc(NC(c2ccccc2)C2CCCC2)c(S(C)(=O)=O)c1. The normalized spacial score (nSPS) is 17.0. The van der Waals surface area contributed by atoms with E-state index in [0.717, 1.165) is 30.9 Å². The lowest BCUT2D eigenvalue weighted by molar-refractivity contribution is 0.469. The molecule has 27 heavy (non-hydrogen) atoms. The molecule has 0 aromatic heterocycles. The van der Waals surface area contributed by atoms with Crippen LogP contribution in [0.5, 0.6) is 0 Å². The maximum atomic E-state index is 12.3. The fourth-order valence-electron chi connectivity index (χ4n) is 3.75. The molecule has 1 unspecified atom stereocenters. The lowest BCUT2D eigenvalue weighted by Gasteiger charge is -2.27. The Bertz CT molecular complexity index is 1010. The lowest BCUT2D eigenvalue weighted by atomic mass is 9.91. The van der Waals surface area contributed by atoms with Crippen LogP contribution in [0.4, 0.5) is 5.69 Å². The summed E-state index contributed by atoms with van der Waals surface area (Å²) >= 11 is 0. The van der Waals surface area contributed by atoms with Gasteiger partial charge in [-0.2, -0.15) is 0 Å². The Kier molecular flexibility index (Phi) is 5.63. The van der Waals surface area contributed by atoms with E-state index in [-0.39, 0.29) is 15.8 Å². The van der Waals surface area contributed by atoms with E-state index in [1.165, 1.54) is 25.0 Å². The van der Waals surface area contributed by atoms with Crippen LogP contribution in [-0.2, 0) is 19.7 Å². The van der Waals surface area contributed by atoms with Crippen LogP contribution < -0.4 is 5.32 Å². The molecule has 0 amide bonds. The quantitative estimate of drug-likeness (QED) is 0.787. The van der Waals surface area contributed by atoms with Crippen LogP contribution in [0, 0.1) is 5.92 Å². The minimum absolute atomic E-state index is 0.00519. The Morgan fingerprint density at radius 3 is 2.07 bits per heavy atom. The van der Waals surface area contributed by atoms with Crippen molar-refractivity contribution in [2.75, 3.05) is 17.8 Å². The Balaban J connectivity index is 2.05. The van der Waals surface area contributed by atoms with Crippen molar-refractivity contribution in [3.63, 3.8) is 0 Å². The molecule has 0 heterocycles. The summed E-state index contributed by atoms with van der Waals surface area (Å²) in [6.07, 6.45) is 6.69. The monoisotopic (exact) mass is 407 g/mol. The van der Waals surface area contributed by atoms with Crippen LogP contribution in [0.15, 0.2) is 58.3 Å². The zero-order valence-electron chi connectivity index (χ0n) is 15.6. The number of benzene rings is 2. The average Bonchev–Trinajstić information content (AvgIpc) is 3.13. The molecule has 0 bridgehead atoms. The largest absolute Gasteiger partial charge is 0.377 e. The van der Waals surface area contributed by atoms with Crippen molar-refractivity contribution >= 4 is 25.4 Å². The summed E-state index contributed by atoms with van der Waals surface area (Å²) in [5.41, 5.74) is 1.56. The molecule has 0 radical (unpaired) electrons. The number of nitrogens with one attached hydrogen (secondary N) is 1. The van der Waals surface area contributed by atoms with Crippen molar-refractivity contribution in [3.05, 3.63) is 54.1 Å². The van der Waals surface area contributed by atoms with Crippen LogP contribution >= 0.6 is 0 Å². The average molecular weight is 408 g/mol. The van der Waals surface area contributed by atoms with Gasteiger partial charge in [-0.3, -0.25) is 0 Å². The predicted molar refractivity (Wildman–Crippen MR) is 107 cm³/mol. The van der Waals surface area contributed by atoms with Gasteiger partial charge in [-0.1, -0.05) is 43.2 Å². The molecule has 2 aromatic carbocycles. The highest BCUT2D eigenvalue weighted by molar-refractivity contribution is 7.91. The standard InChI is InChI=1S/C20H25NO4S2/c1-26(22,23)17-12-13-18(19(14-17)27(2,24)25)21-20(16-10-6-7-11-16)15-8-4-3-5-9-15/h3-5,8-9,12-14,16,20-21H,6-7,10-11H2,1-2H3. The third-order valence-corrected chi connectivity index (χ3v) is 7.37. The number of hydrogen-bond donors (Lipinski definition) is 1. The first-order valence-electron chi connectivity index (χ1n) is 9.02. The number of sulfone groups is 2. The van der Waals surface area contributed by atoms with Crippen molar-refractivity contribution in [2.24, 2.45) is 5.92 Å². The molecule has 5 nitrogen and oxygen atoms in total. The molecule has 2 aromatic rings. The van der Waals surface area contributed by atoms with Crippen molar-refractivity contribution in [1.29, 1.82) is 0 Å². The van der Waals surface area contributed by atoms with Gasteiger partial charge in [-0.25, -0.2) is 16.8 Å². The highest BCUT2D eigenvalue weighted by Crippen LogP contribution is 2.39. The minimum Gasteiger partial charge on any atom is -0.377 e. The summed E-state index contributed by atoms with van der Waals surface area (Å²) in [7, 11) is -7.09. The predicted octanol–water partition coefficient (Wildman–Crippen LogP) is 3.84. The molecule has 3 rings (SSSR count). The molecule has 1 N–H and O–H groups in total. The van der Waals surface area contributed by atoms with Gasteiger partial charge in [-0.15, -0.1) is 0 Å². The van der Waals surface area contributed by atoms with Crippen LogP contribution in [0.25, 0.3) is 0 Å². The molecule has 0 aliphatic heterocycles. The second-order valence-corrected chi connectivity index (χ2v) is 11.3. The summed E-state index contributed by atoms with van der Waals surface area (Å²) in [6, 6.07) is 14.3. The maximum Gasteiger partial charge on any atom is 0.177 e. The molecule has 0 spiro atoms. The summed E-state index contributed by atoms with van der Waals surface area (Å²) < 4.78 is 48.4. The zero-order valence-corrected chi connectivity index (χ0v) is 17.2. The van der Waals surface area contributed by atoms with E-state index in [1.807, 2.05) is 30.3 Å². The fourth-order valence-corrected chi connectivity index (χ4v) is 5.34. The molecule has 1 fully saturated rings. The third kappa shape index (κ3) is 4.71. The van der Waals surface area contributed by atoms with E-state index >= 15 is 0 Å². The van der Waals surface area contributed by atoms with Gasteiger partial charge in [0.2, 0.25) is 0 Å². The van der Waals surface area contributed by atoms with Crippen molar-refractivity contribution < 1.29 is 16.8 Å². The van der Waals surface area contributed by atoms with Gasteiger partial charge in [0.15, 0.2) is 19.7 Å². The highest BCUT2D eigenvalue weighted by atomic mass is 32.2. The molecule has 7 heteroatoms. The molecule has 146 valence electrons. The highest BCUT2D eigenvalue weighted by Gasteiger charge is 2.28. The zero-order chi connectivity index (χ0) is 19.7. The van der Waals surface area contributed by atoms with Crippen molar-refractivity contribution in [1.82, 2.24) is 0 Å². The van der Waals surface area contributed by atoms with Gasteiger partial charge >= 0.3 is 0 Å². The van der Waals surface area contributed by atoms with Crippen LogP contribution in [0.2, 0.25) is 0 Å². The third-order valence-electron chi connectivity index (χ3n) is 5.12. The van der Waals surface area contributed by atoms with E-state index in [2.05, 4.69) is 5.32 Å². The summed E-state index contributed by atoms with van der Waals surface area (Å²) in [4.78, 5) is 0.0231. The second-order valence-electron chi connectivity index (χ2n) is 7.28. The minimum atomic E-state index is -3.59. The van der Waals surface area contributed by atoms with Crippen molar-refractivity contribution in [3.8, 4) is 0 Å². The summed E-state index contributed by atoms with van der Waals surface area (Å²) in [5.74, 6) is 0.411. The van der Waals surface area contributed by atoms with Crippen LogP contribution in [0.1, 0.15) is 37.3 Å².